The van der Waals surface area contributed by atoms with Crippen molar-refractivity contribution in [2.75, 3.05) is 12.9 Å². The van der Waals surface area contributed by atoms with E-state index >= 15 is 0 Å². The number of rotatable bonds is 6. The number of esters is 1. The van der Waals surface area contributed by atoms with Crippen LogP contribution in [0.15, 0.2) is 47.4 Å². The smallest absolute Gasteiger partial charge is 0.325 e. The van der Waals surface area contributed by atoms with Crippen molar-refractivity contribution in [2.24, 2.45) is 0 Å². The van der Waals surface area contributed by atoms with Crippen molar-refractivity contribution in [1.29, 1.82) is 0 Å². The van der Waals surface area contributed by atoms with Crippen LogP contribution in [0, 0.1) is 0 Å². The van der Waals surface area contributed by atoms with Gasteiger partial charge in [-0.1, -0.05) is 35.3 Å². The summed E-state index contributed by atoms with van der Waals surface area (Å²) < 4.78 is 31.8. The largest absolute Gasteiger partial charge is 0.468 e. The monoisotopic (exact) mass is 426 g/mol. The number of fused-ring (bicyclic) bond motifs is 1. The highest BCUT2D eigenvalue weighted by Gasteiger charge is 2.21. The van der Waals surface area contributed by atoms with Gasteiger partial charge in [-0.3, -0.25) is 4.79 Å². The highest BCUT2D eigenvalue weighted by molar-refractivity contribution is 7.91. The van der Waals surface area contributed by atoms with Crippen LogP contribution >= 0.6 is 23.2 Å². The van der Waals surface area contributed by atoms with Crippen LogP contribution in [-0.2, 0) is 32.3 Å². The molecule has 3 rings (SSSR count). The lowest BCUT2D eigenvalue weighted by molar-refractivity contribution is -0.141. The first-order valence-corrected chi connectivity index (χ1v) is 10.4. The SMILES string of the molecule is COC(=O)Cn1c(CCS(=O)(=O)c2cc(Cl)ccc2Cl)nc2ccccc21. The number of para-hydroxylation sites is 2. The standard InChI is InChI=1S/C18H16Cl2N2O4S/c1-26-18(23)11-22-15-5-3-2-4-14(15)21-17(22)8-9-27(24,25)16-10-12(19)6-7-13(16)20/h2-7,10H,8-9,11H2,1H3. The topological polar surface area (TPSA) is 78.3 Å². The molecule has 0 aliphatic rings. The number of methoxy groups -OCH3 is 1. The second-order valence-corrected chi connectivity index (χ2v) is 8.74. The number of nitrogens with zero attached hydrogens (tertiary/aromatic N) is 2. The highest BCUT2D eigenvalue weighted by atomic mass is 35.5. The molecule has 0 unspecified atom stereocenters. The molecule has 1 heterocycles. The molecule has 0 atom stereocenters. The van der Waals surface area contributed by atoms with Crippen LogP contribution in [0.5, 0.6) is 0 Å². The van der Waals surface area contributed by atoms with Crippen LogP contribution in [0.4, 0.5) is 0 Å². The molecular weight excluding hydrogens is 411 g/mol. The summed E-state index contributed by atoms with van der Waals surface area (Å²) in [5.74, 6) is -0.194. The number of aromatic nitrogens is 2. The molecule has 0 fully saturated rings. The van der Waals surface area contributed by atoms with Gasteiger partial charge in [-0.15, -0.1) is 0 Å². The molecule has 0 bridgehead atoms. The Bertz CT molecular complexity index is 1110. The van der Waals surface area contributed by atoms with E-state index in [9.17, 15) is 13.2 Å². The average molecular weight is 427 g/mol. The second kappa shape index (κ2) is 7.88. The molecule has 6 nitrogen and oxygen atoms in total. The van der Waals surface area contributed by atoms with Gasteiger partial charge >= 0.3 is 5.97 Å². The van der Waals surface area contributed by atoms with Crippen molar-refractivity contribution < 1.29 is 17.9 Å². The molecule has 1 aromatic heterocycles. The number of sulfone groups is 1. The van der Waals surface area contributed by atoms with Crippen molar-refractivity contribution in [3.63, 3.8) is 0 Å². The van der Waals surface area contributed by atoms with E-state index in [1.54, 1.807) is 10.6 Å². The number of carbonyl (C=O) groups excluding carboxylic acids is 1. The summed E-state index contributed by atoms with van der Waals surface area (Å²) in [7, 11) is -2.39. The maximum absolute atomic E-state index is 12.7. The Morgan fingerprint density at radius 2 is 1.93 bits per heavy atom. The van der Waals surface area contributed by atoms with Crippen molar-refractivity contribution in [3.8, 4) is 0 Å². The fourth-order valence-electron chi connectivity index (χ4n) is 2.74. The van der Waals surface area contributed by atoms with Crippen molar-refractivity contribution in [2.45, 2.75) is 17.9 Å². The van der Waals surface area contributed by atoms with Crippen LogP contribution in [0.2, 0.25) is 10.0 Å². The average Bonchev–Trinajstić information content (AvgIpc) is 2.99. The fourth-order valence-corrected chi connectivity index (χ4v) is 4.79. The Kier molecular flexibility index (Phi) is 5.74. The van der Waals surface area contributed by atoms with E-state index in [0.29, 0.717) is 11.3 Å². The summed E-state index contributed by atoms with van der Waals surface area (Å²) in [6, 6.07) is 11.6. The van der Waals surface area contributed by atoms with E-state index in [2.05, 4.69) is 4.98 Å². The molecule has 0 aliphatic carbocycles. The number of benzene rings is 2. The summed E-state index contributed by atoms with van der Waals surface area (Å²) in [4.78, 5) is 16.2. The lowest BCUT2D eigenvalue weighted by atomic mass is 10.3. The zero-order valence-electron chi connectivity index (χ0n) is 14.4. The molecule has 0 spiro atoms. The molecule has 27 heavy (non-hydrogen) atoms. The molecule has 3 aromatic rings. The summed E-state index contributed by atoms with van der Waals surface area (Å²) in [5, 5.41) is 0.401. The molecule has 0 radical (unpaired) electrons. The van der Waals surface area contributed by atoms with E-state index in [-0.39, 0.29) is 33.7 Å². The van der Waals surface area contributed by atoms with E-state index < -0.39 is 15.8 Å². The molecule has 9 heteroatoms. The minimum absolute atomic E-state index is 0.0210. The quantitative estimate of drug-likeness (QED) is 0.563. The zero-order valence-corrected chi connectivity index (χ0v) is 16.7. The predicted octanol–water partition coefficient (Wildman–Crippen LogP) is 3.53. The summed E-state index contributed by atoms with van der Waals surface area (Å²) in [6.07, 6.45) is 0.108. The number of aryl methyl sites for hydroxylation is 1. The Labute approximate surface area is 166 Å². The molecule has 0 amide bonds. The third kappa shape index (κ3) is 4.26. The van der Waals surface area contributed by atoms with Gasteiger partial charge < -0.3 is 9.30 Å². The normalized spacial score (nSPS) is 11.7. The molecule has 0 N–H and O–H groups in total. The van der Waals surface area contributed by atoms with E-state index in [1.165, 1.54) is 25.3 Å². The first kappa shape index (κ1) is 19.7. The summed E-state index contributed by atoms with van der Waals surface area (Å²) >= 11 is 11.9. The van der Waals surface area contributed by atoms with Gasteiger partial charge in [-0.05, 0) is 30.3 Å². The van der Waals surface area contributed by atoms with E-state index in [0.717, 1.165) is 5.52 Å². The van der Waals surface area contributed by atoms with Gasteiger partial charge in [0, 0.05) is 11.4 Å². The number of ether oxygens (including phenoxy) is 1. The Morgan fingerprint density at radius 1 is 1.19 bits per heavy atom. The number of halogens is 2. The first-order valence-electron chi connectivity index (χ1n) is 8.00. The van der Waals surface area contributed by atoms with Crippen LogP contribution in [0.25, 0.3) is 11.0 Å². The van der Waals surface area contributed by atoms with Gasteiger partial charge in [-0.25, -0.2) is 13.4 Å². The second-order valence-electron chi connectivity index (χ2n) is 5.82. The summed E-state index contributed by atoms with van der Waals surface area (Å²) in [5.41, 5.74) is 1.41. The maximum Gasteiger partial charge on any atom is 0.325 e. The van der Waals surface area contributed by atoms with Gasteiger partial charge in [-0.2, -0.15) is 0 Å². The molecule has 0 saturated heterocycles. The fraction of sp³-hybridized carbons (Fsp3) is 0.222. The van der Waals surface area contributed by atoms with Gasteiger partial charge in [0.05, 0.1) is 33.8 Å². The van der Waals surface area contributed by atoms with Crippen LogP contribution in [0.3, 0.4) is 0 Å². The van der Waals surface area contributed by atoms with Gasteiger partial charge in [0.2, 0.25) is 0 Å². The number of hydrogen-bond acceptors (Lipinski definition) is 5. The lowest BCUT2D eigenvalue weighted by Crippen LogP contribution is -2.17. The van der Waals surface area contributed by atoms with Gasteiger partial charge in [0.15, 0.2) is 9.84 Å². The predicted molar refractivity (Wildman–Crippen MR) is 104 cm³/mol. The van der Waals surface area contributed by atoms with Crippen molar-refractivity contribution in [3.05, 3.63) is 58.3 Å². The maximum atomic E-state index is 12.7. The minimum atomic E-state index is -3.69. The molecular formula is C18H16Cl2N2O4S. The summed E-state index contributed by atoms with van der Waals surface area (Å²) in [6.45, 7) is -0.0513. The highest BCUT2D eigenvalue weighted by Crippen LogP contribution is 2.26. The minimum Gasteiger partial charge on any atom is -0.468 e. The number of hydrogen-bond donors (Lipinski definition) is 0. The molecule has 0 saturated carbocycles. The molecule has 142 valence electrons. The Hall–Kier alpha value is -2.09. The Balaban J connectivity index is 1.93. The van der Waals surface area contributed by atoms with Crippen molar-refractivity contribution in [1.82, 2.24) is 9.55 Å². The van der Waals surface area contributed by atoms with Crippen LogP contribution < -0.4 is 0 Å². The number of imidazole rings is 1. The van der Waals surface area contributed by atoms with Crippen LogP contribution in [-0.4, -0.2) is 36.8 Å². The zero-order chi connectivity index (χ0) is 19.6. The van der Waals surface area contributed by atoms with Gasteiger partial charge in [0.25, 0.3) is 0 Å². The Morgan fingerprint density at radius 3 is 2.67 bits per heavy atom. The third-order valence-electron chi connectivity index (χ3n) is 4.07. The van der Waals surface area contributed by atoms with E-state index in [1.807, 2.05) is 18.2 Å². The van der Waals surface area contributed by atoms with Crippen LogP contribution in [0.1, 0.15) is 5.82 Å². The number of carbonyl (C=O) groups is 1. The van der Waals surface area contributed by atoms with Gasteiger partial charge in [0.1, 0.15) is 12.4 Å². The third-order valence-corrected chi connectivity index (χ3v) is 6.50. The molecule has 0 aliphatic heterocycles. The molecule has 2 aromatic carbocycles. The van der Waals surface area contributed by atoms with Crippen molar-refractivity contribution >= 4 is 50.0 Å². The lowest BCUT2D eigenvalue weighted by Gasteiger charge is -2.09. The first-order chi connectivity index (χ1) is 12.8. The van der Waals surface area contributed by atoms with E-state index in [4.69, 9.17) is 27.9 Å².